The number of anilines is 1. The quantitative estimate of drug-likeness (QED) is 0.349. The third kappa shape index (κ3) is 9.11. The fourth-order valence-corrected chi connectivity index (χ4v) is 3.13. The average Bonchev–Trinajstić information content (AvgIpc) is 2.71. The molecule has 152 valence electrons. The van der Waals surface area contributed by atoms with E-state index in [0.29, 0.717) is 19.3 Å². The van der Waals surface area contributed by atoms with Crippen molar-refractivity contribution in [2.45, 2.75) is 51.0 Å². The highest BCUT2D eigenvalue weighted by molar-refractivity contribution is 5.93. The SMILES string of the molecule is CN=C(NCCCOC1CCCCC1)Nc1cccc(OCCCOC)c1. The van der Waals surface area contributed by atoms with Crippen LogP contribution in [0.25, 0.3) is 0 Å². The maximum Gasteiger partial charge on any atom is 0.195 e. The van der Waals surface area contributed by atoms with Crippen molar-refractivity contribution in [3.63, 3.8) is 0 Å². The first-order valence-corrected chi connectivity index (χ1v) is 10.1. The van der Waals surface area contributed by atoms with Gasteiger partial charge in [-0.1, -0.05) is 25.3 Å². The molecule has 6 nitrogen and oxygen atoms in total. The molecule has 2 rings (SSSR count). The van der Waals surface area contributed by atoms with E-state index in [2.05, 4.69) is 15.6 Å². The first kappa shape index (κ1) is 21.5. The van der Waals surface area contributed by atoms with E-state index in [4.69, 9.17) is 14.2 Å². The van der Waals surface area contributed by atoms with Crippen molar-refractivity contribution in [3.05, 3.63) is 24.3 Å². The van der Waals surface area contributed by atoms with Crippen LogP contribution in [0, 0.1) is 0 Å². The Balaban J connectivity index is 1.65. The van der Waals surface area contributed by atoms with E-state index in [1.54, 1.807) is 14.2 Å². The minimum atomic E-state index is 0.475. The molecule has 0 saturated heterocycles. The molecular formula is C21H35N3O3. The summed E-state index contributed by atoms with van der Waals surface area (Å²) in [7, 11) is 3.48. The third-order valence-electron chi connectivity index (χ3n) is 4.60. The standard InChI is InChI=1S/C21H35N3O3/c1-22-21(23-13-7-15-26-19-10-4-3-5-11-19)24-18-9-6-12-20(17-18)27-16-8-14-25-2/h6,9,12,17,19H,3-5,7-8,10-11,13-16H2,1-2H3,(H2,22,23,24). The van der Waals surface area contributed by atoms with Crippen molar-refractivity contribution in [1.82, 2.24) is 5.32 Å². The molecule has 1 aromatic rings. The minimum absolute atomic E-state index is 0.475. The van der Waals surface area contributed by atoms with Crippen LogP contribution in [-0.4, -0.2) is 52.6 Å². The molecule has 0 spiro atoms. The molecule has 0 bridgehead atoms. The van der Waals surface area contributed by atoms with E-state index in [-0.39, 0.29) is 0 Å². The first-order valence-electron chi connectivity index (χ1n) is 10.1. The molecule has 1 aliphatic rings. The highest BCUT2D eigenvalue weighted by Crippen LogP contribution is 2.20. The predicted octanol–water partition coefficient (Wildman–Crippen LogP) is 3.83. The summed E-state index contributed by atoms with van der Waals surface area (Å²) in [5.74, 6) is 1.59. The molecule has 27 heavy (non-hydrogen) atoms. The summed E-state index contributed by atoms with van der Waals surface area (Å²) >= 11 is 0. The van der Waals surface area contributed by atoms with Crippen LogP contribution in [0.1, 0.15) is 44.9 Å². The van der Waals surface area contributed by atoms with Crippen molar-refractivity contribution in [1.29, 1.82) is 0 Å². The Bertz CT molecular complexity index is 545. The molecular weight excluding hydrogens is 342 g/mol. The van der Waals surface area contributed by atoms with Gasteiger partial charge in [-0.05, 0) is 31.4 Å². The van der Waals surface area contributed by atoms with Crippen LogP contribution in [-0.2, 0) is 9.47 Å². The van der Waals surface area contributed by atoms with Gasteiger partial charge in [-0.25, -0.2) is 0 Å². The monoisotopic (exact) mass is 377 g/mol. The molecule has 6 heteroatoms. The summed E-state index contributed by atoms with van der Waals surface area (Å²) in [6.07, 6.45) is 8.76. The van der Waals surface area contributed by atoms with Gasteiger partial charge in [-0.2, -0.15) is 0 Å². The molecule has 0 aromatic heterocycles. The first-order chi connectivity index (χ1) is 13.3. The van der Waals surface area contributed by atoms with Gasteiger partial charge < -0.3 is 24.8 Å². The van der Waals surface area contributed by atoms with Crippen molar-refractivity contribution in [3.8, 4) is 5.75 Å². The lowest BCUT2D eigenvalue weighted by Gasteiger charge is -2.22. The number of ether oxygens (including phenoxy) is 3. The summed E-state index contributed by atoms with van der Waals surface area (Å²) in [4.78, 5) is 4.28. The Hall–Kier alpha value is -1.79. The van der Waals surface area contributed by atoms with Crippen LogP contribution in [0.5, 0.6) is 5.75 Å². The fourth-order valence-electron chi connectivity index (χ4n) is 3.13. The van der Waals surface area contributed by atoms with E-state index in [1.165, 1.54) is 32.1 Å². The molecule has 1 saturated carbocycles. The Morgan fingerprint density at radius 1 is 1.11 bits per heavy atom. The largest absolute Gasteiger partial charge is 0.493 e. The summed E-state index contributed by atoms with van der Waals surface area (Å²) in [5, 5.41) is 6.64. The number of rotatable bonds is 11. The van der Waals surface area contributed by atoms with Gasteiger partial charge in [0, 0.05) is 52.1 Å². The highest BCUT2D eigenvalue weighted by atomic mass is 16.5. The average molecular weight is 378 g/mol. The maximum atomic E-state index is 5.96. The number of nitrogens with one attached hydrogen (secondary N) is 2. The molecule has 1 aromatic carbocycles. The molecule has 0 amide bonds. The Morgan fingerprint density at radius 2 is 1.96 bits per heavy atom. The number of methoxy groups -OCH3 is 1. The molecule has 0 aliphatic heterocycles. The van der Waals surface area contributed by atoms with Crippen molar-refractivity contribution in [2.75, 3.05) is 45.8 Å². The van der Waals surface area contributed by atoms with E-state index in [1.807, 2.05) is 24.3 Å². The summed E-state index contributed by atoms with van der Waals surface area (Å²) in [6.45, 7) is 2.99. The van der Waals surface area contributed by atoms with Crippen molar-refractivity contribution < 1.29 is 14.2 Å². The van der Waals surface area contributed by atoms with Crippen LogP contribution < -0.4 is 15.4 Å². The predicted molar refractivity (Wildman–Crippen MR) is 111 cm³/mol. The van der Waals surface area contributed by atoms with Gasteiger partial charge in [0.2, 0.25) is 0 Å². The molecule has 0 unspecified atom stereocenters. The zero-order chi connectivity index (χ0) is 19.2. The van der Waals surface area contributed by atoms with Crippen LogP contribution in [0.4, 0.5) is 5.69 Å². The van der Waals surface area contributed by atoms with Gasteiger partial charge in [0.1, 0.15) is 5.75 Å². The summed E-state index contributed by atoms with van der Waals surface area (Å²) < 4.78 is 16.7. The number of aliphatic imine (C=N–C) groups is 1. The summed E-state index contributed by atoms with van der Waals surface area (Å²) in [6, 6.07) is 7.91. The van der Waals surface area contributed by atoms with E-state index >= 15 is 0 Å². The highest BCUT2D eigenvalue weighted by Gasteiger charge is 2.13. The number of benzene rings is 1. The number of guanidine groups is 1. The van der Waals surface area contributed by atoms with Crippen LogP contribution in [0.2, 0.25) is 0 Å². The zero-order valence-corrected chi connectivity index (χ0v) is 16.8. The maximum absolute atomic E-state index is 5.96. The molecule has 0 atom stereocenters. The van der Waals surface area contributed by atoms with Gasteiger partial charge in [-0.3, -0.25) is 4.99 Å². The lowest BCUT2D eigenvalue weighted by atomic mass is 9.98. The molecule has 1 aliphatic carbocycles. The van der Waals surface area contributed by atoms with Gasteiger partial charge in [-0.15, -0.1) is 0 Å². The number of hydrogen-bond acceptors (Lipinski definition) is 4. The fraction of sp³-hybridized carbons (Fsp3) is 0.667. The minimum Gasteiger partial charge on any atom is -0.493 e. The van der Waals surface area contributed by atoms with Crippen molar-refractivity contribution in [2.24, 2.45) is 4.99 Å². The summed E-state index contributed by atoms with van der Waals surface area (Å²) in [5.41, 5.74) is 0.950. The van der Waals surface area contributed by atoms with Crippen LogP contribution in [0.15, 0.2) is 29.3 Å². The van der Waals surface area contributed by atoms with Gasteiger partial charge >= 0.3 is 0 Å². The van der Waals surface area contributed by atoms with Gasteiger partial charge in [0.25, 0.3) is 0 Å². The van der Waals surface area contributed by atoms with Crippen LogP contribution >= 0.6 is 0 Å². The Kier molecular flexibility index (Phi) is 10.7. The molecule has 1 fully saturated rings. The topological polar surface area (TPSA) is 64.1 Å². The Labute approximate surface area is 163 Å². The van der Waals surface area contributed by atoms with E-state index < -0.39 is 0 Å². The third-order valence-corrected chi connectivity index (χ3v) is 4.60. The number of nitrogens with zero attached hydrogens (tertiary/aromatic N) is 1. The molecule has 2 N–H and O–H groups in total. The van der Waals surface area contributed by atoms with E-state index in [9.17, 15) is 0 Å². The zero-order valence-electron chi connectivity index (χ0n) is 16.8. The lowest BCUT2D eigenvalue weighted by Crippen LogP contribution is -2.32. The second-order valence-electron chi connectivity index (χ2n) is 6.83. The smallest absolute Gasteiger partial charge is 0.195 e. The normalized spacial score (nSPS) is 15.6. The van der Waals surface area contributed by atoms with Crippen LogP contribution in [0.3, 0.4) is 0 Å². The molecule has 0 heterocycles. The second-order valence-corrected chi connectivity index (χ2v) is 6.83. The van der Waals surface area contributed by atoms with Crippen molar-refractivity contribution >= 4 is 11.6 Å². The van der Waals surface area contributed by atoms with Gasteiger partial charge in [0.05, 0.1) is 12.7 Å². The number of hydrogen-bond donors (Lipinski definition) is 2. The molecule has 0 radical (unpaired) electrons. The van der Waals surface area contributed by atoms with Gasteiger partial charge in [0.15, 0.2) is 5.96 Å². The Morgan fingerprint density at radius 3 is 2.74 bits per heavy atom. The second kappa shape index (κ2) is 13.4. The lowest BCUT2D eigenvalue weighted by molar-refractivity contribution is 0.0277. The van der Waals surface area contributed by atoms with E-state index in [0.717, 1.165) is 43.4 Å².